The van der Waals surface area contributed by atoms with Crippen molar-refractivity contribution in [3.8, 4) is 0 Å². The van der Waals surface area contributed by atoms with Crippen LogP contribution < -0.4 is 0 Å². The summed E-state index contributed by atoms with van der Waals surface area (Å²) in [4.78, 5) is 5.35. The number of hydrogen-bond donors (Lipinski definition) is 0. The highest BCUT2D eigenvalue weighted by atomic mass is 15.4. The zero-order valence-corrected chi connectivity index (χ0v) is 17.6. The summed E-state index contributed by atoms with van der Waals surface area (Å²) in [5, 5.41) is 0. The van der Waals surface area contributed by atoms with E-state index in [0.29, 0.717) is 12.2 Å². The Bertz CT molecular complexity index is 459. The predicted octanol–water partition coefficient (Wildman–Crippen LogP) is 6.46. The summed E-state index contributed by atoms with van der Waals surface area (Å²) in [7, 11) is 0. The highest BCUT2D eigenvalue weighted by Crippen LogP contribution is 2.23. The summed E-state index contributed by atoms with van der Waals surface area (Å²) in [5.41, 5.74) is 1.44. The molecule has 0 saturated carbocycles. The van der Waals surface area contributed by atoms with Crippen molar-refractivity contribution in [1.29, 1.82) is 0 Å². The van der Waals surface area contributed by atoms with Gasteiger partial charge in [0.25, 0.3) is 0 Å². The fourth-order valence-electron chi connectivity index (χ4n) is 4.34. The second-order valence-electron chi connectivity index (χ2n) is 8.32. The van der Waals surface area contributed by atoms with Crippen molar-refractivity contribution < 1.29 is 0 Å². The third kappa shape index (κ3) is 7.40. The molecule has 2 atom stereocenters. The molecule has 1 saturated heterocycles. The molecule has 2 rings (SSSR count). The molecule has 1 aliphatic rings. The van der Waals surface area contributed by atoms with Crippen molar-refractivity contribution in [2.75, 3.05) is 13.1 Å². The Balaban J connectivity index is 1.56. The second-order valence-corrected chi connectivity index (χ2v) is 8.32. The number of hydrogen-bond acceptors (Lipinski definition) is 2. The minimum atomic E-state index is 0.573. The standard InChI is InChI=1S/C24H42N2/c1-4-5-6-7-8-9-10-11-12-16-19-25-20-22(2)26(23(25)3)21-24-17-14-13-15-18-24/h13-15,17-18,22-23H,4-12,16,19-21H2,1-3H3. The summed E-state index contributed by atoms with van der Waals surface area (Å²) in [6, 6.07) is 11.6. The van der Waals surface area contributed by atoms with Crippen LogP contribution >= 0.6 is 0 Å². The molecule has 0 amide bonds. The van der Waals surface area contributed by atoms with E-state index in [4.69, 9.17) is 0 Å². The molecule has 0 aliphatic carbocycles. The number of nitrogens with zero attached hydrogens (tertiary/aromatic N) is 2. The zero-order chi connectivity index (χ0) is 18.6. The largest absolute Gasteiger partial charge is 0.287 e. The molecular weight excluding hydrogens is 316 g/mol. The maximum Gasteiger partial charge on any atom is 0.0600 e. The Morgan fingerprint density at radius 2 is 1.38 bits per heavy atom. The van der Waals surface area contributed by atoms with Gasteiger partial charge in [-0.3, -0.25) is 9.80 Å². The van der Waals surface area contributed by atoms with E-state index in [1.807, 2.05) is 0 Å². The fourth-order valence-corrected chi connectivity index (χ4v) is 4.34. The molecular formula is C24H42N2. The maximum absolute atomic E-state index is 2.69. The van der Waals surface area contributed by atoms with Gasteiger partial charge in [0, 0.05) is 19.1 Å². The molecule has 1 aromatic rings. The third-order valence-electron chi connectivity index (χ3n) is 6.08. The van der Waals surface area contributed by atoms with Gasteiger partial charge in [-0.1, -0.05) is 95.0 Å². The Morgan fingerprint density at radius 1 is 0.808 bits per heavy atom. The van der Waals surface area contributed by atoms with Crippen LogP contribution in [0.2, 0.25) is 0 Å². The smallest absolute Gasteiger partial charge is 0.0600 e. The number of benzene rings is 1. The Labute approximate surface area is 163 Å². The lowest BCUT2D eigenvalue weighted by atomic mass is 10.1. The van der Waals surface area contributed by atoms with Crippen LogP contribution in [0.3, 0.4) is 0 Å². The Kier molecular flexibility index (Phi) is 10.3. The minimum Gasteiger partial charge on any atom is -0.287 e. The van der Waals surface area contributed by atoms with Gasteiger partial charge < -0.3 is 0 Å². The highest BCUT2D eigenvalue weighted by molar-refractivity contribution is 5.15. The molecule has 2 heteroatoms. The van der Waals surface area contributed by atoms with Gasteiger partial charge in [0.05, 0.1) is 6.17 Å². The SMILES string of the molecule is CCCCCCCCCCCCN1CC(C)N(Cc2ccccc2)C1C. The molecule has 1 heterocycles. The summed E-state index contributed by atoms with van der Waals surface area (Å²) < 4.78 is 0. The predicted molar refractivity (Wildman–Crippen MR) is 114 cm³/mol. The van der Waals surface area contributed by atoms with Crippen LogP contribution in [-0.4, -0.2) is 35.1 Å². The Morgan fingerprint density at radius 3 is 2.00 bits per heavy atom. The average Bonchev–Trinajstić information content (AvgIpc) is 2.92. The first-order valence-electron chi connectivity index (χ1n) is 11.3. The van der Waals surface area contributed by atoms with Gasteiger partial charge in [-0.2, -0.15) is 0 Å². The fraction of sp³-hybridized carbons (Fsp3) is 0.750. The van der Waals surface area contributed by atoms with Crippen LogP contribution in [0.25, 0.3) is 0 Å². The lowest BCUT2D eigenvalue weighted by Gasteiger charge is -2.28. The first-order valence-corrected chi connectivity index (χ1v) is 11.3. The maximum atomic E-state index is 2.69. The van der Waals surface area contributed by atoms with Gasteiger partial charge >= 0.3 is 0 Å². The van der Waals surface area contributed by atoms with E-state index < -0.39 is 0 Å². The third-order valence-corrected chi connectivity index (χ3v) is 6.08. The van der Waals surface area contributed by atoms with E-state index in [9.17, 15) is 0 Å². The normalized spacial score (nSPS) is 21.5. The van der Waals surface area contributed by atoms with Crippen LogP contribution in [0.1, 0.15) is 90.5 Å². The van der Waals surface area contributed by atoms with Crippen LogP contribution in [0.15, 0.2) is 30.3 Å². The molecule has 1 fully saturated rings. The molecule has 26 heavy (non-hydrogen) atoms. The van der Waals surface area contributed by atoms with Crippen LogP contribution in [0, 0.1) is 0 Å². The quantitative estimate of drug-likeness (QED) is 0.373. The summed E-state index contributed by atoms with van der Waals surface area (Å²) in [6.07, 6.45) is 14.8. The molecule has 0 spiro atoms. The lowest BCUT2D eigenvalue weighted by Crippen LogP contribution is -2.37. The number of rotatable bonds is 13. The molecule has 0 aromatic heterocycles. The molecule has 0 bridgehead atoms. The van der Waals surface area contributed by atoms with Crippen molar-refractivity contribution >= 4 is 0 Å². The molecule has 1 aromatic carbocycles. The lowest BCUT2D eigenvalue weighted by molar-refractivity contribution is 0.131. The number of unbranched alkanes of at least 4 members (excludes halogenated alkanes) is 9. The van der Waals surface area contributed by atoms with Gasteiger partial charge in [-0.05, 0) is 32.4 Å². The van der Waals surface area contributed by atoms with Crippen molar-refractivity contribution in [2.24, 2.45) is 0 Å². The highest BCUT2D eigenvalue weighted by Gasteiger charge is 2.33. The zero-order valence-electron chi connectivity index (χ0n) is 17.6. The van der Waals surface area contributed by atoms with E-state index in [1.54, 1.807) is 0 Å². The molecule has 2 unspecified atom stereocenters. The van der Waals surface area contributed by atoms with Crippen LogP contribution in [0.4, 0.5) is 0 Å². The van der Waals surface area contributed by atoms with Gasteiger partial charge in [0.2, 0.25) is 0 Å². The first-order chi connectivity index (χ1) is 12.7. The van der Waals surface area contributed by atoms with Crippen molar-refractivity contribution in [3.05, 3.63) is 35.9 Å². The monoisotopic (exact) mass is 358 g/mol. The van der Waals surface area contributed by atoms with Crippen LogP contribution in [-0.2, 0) is 6.54 Å². The van der Waals surface area contributed by atoms with E-state index in [0.717, 1.165) is 6.54 Å². The summed E-state index contributed by atoms with van der Waals surface area (Å²) in [5.74, 6) is 0. The molecule has 1 aliphatic heterocycles. The van der Waals surface area contributed by atoms with Crippen molar-refractivity contribution in [3.63, 3.8) is 0 Å². The van der Waals surface area contributed by atoms with E-state index in [2.05, 4.69) is 60.9 Å². The van der Waals surface area contributed by atoms with Crippen molar-refractivity contribution in [2.45, 2.75) is 104 Å². The van der Waals surface area contributed by atoms with Crippen molar-refractivity contribution in [1.82, 2.24) is 9.80 Å². The first kappa shape index (κ1) is 21.4. The minimum absolute atomic E-state index is 0.573. The van der Waals surface area contributed by atoms with Gasteiger partial charge in [-0.15, -0.1) is 0 Å². The molecule has 0 N–H and O–H groups in total. The molecule has 2 nitrogen and oxygen atoms in total. The summed E-state index contributed by atoms with van der Waals surface area (Å²) in [6.45, 7) is 10.7. The van der Waals surface area contributed by atoms with Gasteiger partial charge in [0.15, 0.2) is 0 Å². The average molecular weight is 359 g/mol. The van der Waals surface area contributed by atoms with Crippen LogP contribution in [0.5, 0.6) is 0 Å². The van der Waals surface area contributed by atoms with E-state index in [-0.39, 0.29) is 0 Å². The second kappa shape index (κ2) is 12.5. The summed E-state index contributed by atoms with van der Waals surface area (Å²) >= 11 is 0. The Hall–Kier alpha value is -0.860. The van der Waals surface area contributed by atoms with E-state index in [1.165, 1.54) is 82.9 Å². The topological polar surface area (TPSA) is 6.48 Å². The van der Waals surface area contributed by atoms with Gasteiger partial charge in [-0.25, -0.2) is 0 Å². The molecule has 148 valence electrons. The molecule has 0 radical (unpaired) electrons. The van der Waals surface area contributed by atoms with E-state index >= 15 is 0 Å². The van der Waals surface area contributed by atoms with Gasteiger partial charge in [0.1, 0.15) is 0 Å².